The van der Waals surface area contributed by atoms with E-state index < -0.39 is 0 Å². The fraction of sp³-hybridized carbons (Fsp3) is 0.222. The van der Waals surface area contributed by atoms with Crippen LogP contribution in [0.25, 0.3) is 33.8 Å². The Labute approximate surface area is 207 Å². The number of nitrogens with zero attached hydrogens (tertiary/aromatic N) is 5. The maximum Gasteiger partial charge on any atom is 0.183 e. The number of aromatic amines is 1. The van der Waals surface area contributed by atoms with Crippen LogP contribution in [0.2, 0.25) is 0 Å². The molecule has 9 heteroatoms. The van der Waals surface area contributed by atoms with Crippen LogP contribution in [-0.2, 0) is 22.4 Å². The van der Waals surface area contributed by atoms with Gasteiger partial charge in [-0.3, -0.25) is 4.79 Å². The van der Waals surface area contributed by atoms with E-state index >= 15 is 0 Å². The molecule has 5 aromatic rings. The molecular formula is C27H24N6O3. The number of carbonyl (C=O) groups is 1. The highest BCUT2D eigenvalue weighted by Gasteiger charge is 2.19. The smallest absolute Gasteiger partial charge is 0.183 e. The molecule has 1 N–H and O–H groups in total. The number of ketones is 1. The first kappa shape index (κ1) is 22.1. The lowest BCUT2D eigenvalue weighted by atomic mass is 10.0. The van der Waals surface area contributed by atoms with Crippen molar-refractivity contribution >= 4 is 22.8 Å². The minimum absolute atomic E-state index is 0.0627. The quantitative estimate of drug-likeness (QED) is 0.374. The van der Waals surface area contributed by atoms with Crippen LogP contribution >= 0.6 is 0 Å². The molecule has 0 bridgehead atoms. The highest BCUT2D eigenvalue weighted by Crippen LogP contribution is 2.26. The Hall–Kier alpha value is -4.37. The van der Waals surface area contributed by atoms with Crippen molar-refractivity contribution < 1.29 is 14.1 Å². The fourth-order valence-corrected chi connectivity index (χ4v) is 4.37. The van der Waals surface area contributed by atoms with E-state index in [9.17, 15) is 4.79 Å². The first-order valence-corrected chi connectivity index (χ1v) is 11.9. The molecule has 4 heterocycles. The molecule has 0 unspecified atom stereocenters. The molecule has 0 radical (unpaired) electrons. The van der Waals surface area contributed by atoms with Gasteiger partial charge in [-0.1, -0.05) is 59.8 Å². The van der Waals surface area contributed by atoms with Crippen LogP contribution in [0.5, 0.6) is 0 Å². The van der Waals surface area contributed by atoms with Crippen molar-refractivity contribution in [3.63, 3.8) is 0 Å². The van der Waals surface area contributed by atoms with Gasteiger partial charge in [0.1, 0.15) is 34.9 Å². The van der Waals surface area contributed by atoms with Crippen molar-refractivity contribution in [2.75, 3.05) is 31.2 Å². The van der Waals surface area contributed by atoms with Gasteiger partial charge in [-0.2, -0.15) is 0 Å². The largest absolute Gasteiger partial charge is 0.378 e. The standard InChI is InChI=1S/C27H24N6O3/c34-21(15-22-16-23(32-36-22)19-4-2-1-3-5-19)14-18-6-8-20(9-7-18)25-30-24-26(31-25)28-17-29-27(24)33-10-12-35-13-11-33/h1-9,16-17H,10-15H2,(H,28,29,30,31). The number of imidazole rings is 1. The van der Waals surface area contributed by atoms with Crippen molar-refractivity contribution in [1.29, 1.82) is 0 Å². The minimum atomic E-state index is 0.0627. The van der Waals surface area contributed by atoms with Gasteiger partial charge < -0.3 is 19.1 Å². The third-order valence-electron chi connectivity index (χ3n) is 6.21. The maximum absolute atomic E-state index is 12.7. The second-order valence-electron chi connectivity index (χ2n) is 8.71. The molecule has 1 fully saturated rings. The van der Waals surface area contributed by atoms with Gasteiger partial charge in [-0.15, -0.1) is 0 Å². The van der Waals surface area contributed by atoms with Crippen LogP contribution in [0.4, 0.5) is 5.82 Å². The van der Waals surface area contributed by atoms with Gasteiger partial charge in [0, 0.05) is 36.7 Å². The van der Waals surface area contributed by atoms with E-state index in [1.807, 2.05) is 60.7 Å². The summed E-state index contributed by atoms with van der Waals surface area (Å²) in [6.07, 6.45) is 2.06. The SMILES string of the molecule is O=C(Cc1ccc(-c2nc3ncnc(N4CCOCC4)c3[nH]2)cc1)Cc1cc(-c2ccccc2)no1. The van der Waals surface area contributed by atoms with Gasteiger partial charge in [-0.05, 0) is 5.56 Å². The molecule has 6 rings (SSSR count). The number of aromatic nitrogens is 5. The molecule has 9 nitrogen and oxygen atoms in total. The average Bonchev–Trinajstić information content (AvgIpc) is 3.57. The second kappa shape index (κ2) is 9.71. The number of hydrogen-bond acceptors (Lipinski definition) is 8. The average molecular weight is 481 g/mol. The Morgan fingerprint density at radius 2 is 1.75 bits per heavy atom. The van der Waals surface area contributed by atoms with E-state index in [1.165, 1.54) is 0 Å². The lowest BCUT2D eigenvalue weighted by molar-refractivity contribution is -0.118. The van der Waals surface area contributed by atoms with Crippen LogP contribution in [-0.4, -0.2) is 57.2 Å². The van der Waals surface area contributed by atoms with E-state index in [0.717, 1.165) is 46.8 Å². The number of rotatable bonds is 7. The number of H-pyrrole nitrogens is 1. The number of nitrogens with one attached hydrogen (secondary N) is 1. The molecule has 1 aliphatic heterocycles. The first-order chi connectivity index (χ1) is 17.7. The molecule has 1 aliphatic rings. The summed E-state index contributed by atoms with van der Waals surface area (Å²) < 4.78 is 10.8. The number of ether oxygens (including phenoxy) is 1. The minimum Gasteiger partial charge on any atom is -0.378 e. The van der Waals surface area contributed by atoms with Gasteiger partial charge in [0.15, 0.2) is 11.5 Å². The van der Waals surface area contributed by atoms with E-state index in [-0.39, 0.29) is 12.2 Å². The zero-order valence-electron chi connectivity index (χ0n) is 19.6. The molecule has 1 saturated heterocycles. The van der Waals surface area contributed by atoms with Gasteiger partial charge in [0.05, 0.1) is 19.6 Å². The van der Waals surface area contributed by atoms with Crippen LogP contribution in [0.1, 0.15) is 11.3 Å². The number of Topliss-reactive ketones (excluding diaryl/α,β-unsaturated/α-hetero) is 1. The predicted octanol–water partition coefficient (Wildman–Crippen LogP) is 3.87. The summed E-state index contributed by atoms with van der Waals surface area (Å²) in [4.78, 5) is 31.7. The molecule has 0 spiro atoms. The summed E-state index contributed by atoms with van der Waals surface area (Å²) in [6.45, 7) is 2.92. The van der Waals surface area contributed by atoms with Crippen molar-refractivity contribution in [3.8, 4) is 22.6 Å². The summed E-state index contributed by atoms with van der Waals surface area (Å²) in [5.41, 5.74) is 4.98. The molecule has 0 aliphatic carbocycles. The number of benzene rings is 2. The maximum atomic E-state index is 12.7. The number of carbonyl (C=O) groups excluding carboxylic acids is 1. The Balaban J connectivity index is 1.14. The van der Waals surface area contributed by atoms with Crippen LogP contribution in [0.15, 0.2) is 71.5 Å². The predicted molar refractivity (Wildman–Crippen MR) is 135 cm³/mol. The zero-order chi connectivity index (χ0) is 24.3. The Kier molecular flexibility index (Phi) is 5.96. The third kappa shape index (κ3) is 4.60. The van der Waals surface area contributed by atoms with E-state index in [0.29, 0.717) is 36.9 Å². The van der Waals surface area contributed by atoms with Crippen LogP contribution in [0.3, 0.4) is 0 Å². The number of anilines is 1. The summed E-state index contributed by atoms with van der Waals surface area (Å²) in [5, 5.41) is 4.09. The zero-order valence-corrected chi connectivity index (χ0v) is 19.6. The van der Waals surface area contributed by atoms with Crippen molar-refractivity contribution in [2.24, 2.45) is 0 Å². The molecule has 0 atom stereocenters. The molecule has 36 heavy (non-hydrogen) atoms. The molecule has 180 valence electrons. The molecule has 3 aromatic heterocycles. The van der Waals surface area contributed by atoms with Gasteiger partial charge in [0.25, 0.3) is 0 Å². The van der Waals surface area contributed by atoms with E-state index in [4.69, 9.17) is 9.26 Å². The van der Waals surface area contributed by atoms with Crippen molar-refractivity contribution in [2.45, 2.75) is 12.8 Å². The second-order valence-corrected chi connectivity index (χ2v) is 8.71. The van der Waals surface area contributed by atoms with Crippen LogP contribution in [0, 0.1) is 0 Å². The van der Waals surface area contributed by atoms with E-state index in [2.05, 4.69) is 30.0 Å². The monoisotopic (exact) mass is 480 g/mol. The number of fused-ring (bicyclic) bond motifs is 1. The summed E-state index contributed by atoms with van der Waals surface area (Å²) >= 11 is 0. The molecule has 0 amide bonds. The van der Waals surface area contributed by atoms with Gasteiger partial charge in [-0.25, -0.2) is 15.0 Å². The van der Waals surface area contributed by atoms with Crippen LogP contribution < -0.4 is 4.90 Å². The highest BCUT2D eigenvalue weighted by molar-refractivity contribution is 5.86. The lowest BCUT2D eigenvalue weighted by Crippen LogP contribution is -2.36. The van der Waals surface area contributed by atoms with Gasteiger partial charge in [0.2, 0.25) is 0 Å². The number of morpholine rings is 1. The first-order valence-electron chi connectivity index (χ1n) is 11.9. The number of hydrogen-bond donors (Lipinski definition) is 1. The summed E-state index contributed by atoms with van der Waals surface area (Å²) in [5.74, 6) is 2.18. The Morgan fingerprint density at radius 1 is 0.944 bits per heavy atom. The summed E-state index contributed by atoms with van der Waals surface area (Å²) in [6, 6.07) is 19.4. The molecule has 0 saturated carbocycles. The Bertz CT molecular complexity index is 1490. The topological polar surface area (TPSA) is 110 Å². The molecule has 2 aromatic carbocycles. The van der Waals surface area contributed by atoms with Crippen molar-refractivity contribution in [1.82, 2.24) is 25.1 Å². The van der Waals surface area contributed by atoms with E-state index in [1.54, 1.807) is 6.33 Å². The third-order valence-corrected chi connectivity index (χ3v) is 6.21. The highest BCUT2D eigenvalue weighted by atomic mass is 16.5. The Morgan fingerprint density at radius 3 is 2.56 bits per heavy atom. The fourth-order valence-electron chi connectivity index (χ4n) is 4.37. The van der Waals surface area contributed by atoms with Crippen molar-refractivity contribution in [3.05, 3.63) is 78.3 Å². The molecular weight excluding hydrogens is 456 g/mol. The normalized spacial score (nSPS) is 13.8. The van der Waals surface area contributed by atoms with Gasteiger partial charge >= 0.3 is 0 Å². The summed E-state index contributed by atoms with van der Waals surface area (Å²) in [7, 11) is 0. The lowest BCUT2D eigenvalue weighted by Gasteiger charge is -2.27.